The number of amides is 1. The smallest absolute Gasteiger partial charge is 0.262 e. The summed E-state index contributed by atoms with van der Waals surface area (Å²) in [6.45, 7) is 0.496. The van der Waals surface area contributed by atoms with Gasteiger partial charge in [-0.25, -0.2) is 0 Å². The van der Waals surface area contributed by atoms with E-state index in [0.29, 0.717) is 22.4 Å². The fourth-order valence-corrected chi connectivity index (χ4v) is 3.03. The number of nitriles is 1. The molecule has 116 valence electrons. The van der Waals surface area contributed by atoms with Crippen molar-refractivity contribution < 1.29 is 14.3 Å². The SMILES string of the molecule is N#C/C(=C\c1ccc(Cl)s1)C(=O)NCc1ccc2c(c1)OCO2. The number of halogens is 1. The molecule has 2 heterocycles. The van der Waals surface area contributed by atoms with Crippen LogP contribution < -0.4 is 14.8 Å². The first kappa shape index (κ1) is 15.4. The highest BCUT2D eigenvalue weighted by atomic mass is 35.5. The van der Waals surface area contributed by atoms with E-state index in [0.717, 1.165) is 10.4 Å². The summed E-state index contributed by atoms with van der Waals surface area (Å²) in [6.07, 6.45) is 1.52. The van der Waals surface area contributed by atoms with E-state index in [2.05, 4.69) is 5.32 Å². The van der Waals surface area contributed by atoms with Gasteiger partial charge in [-0.2, -0.15) is 5.26 Å². The summed E-state index contributed by atoms with van der Waals surface area (Å²) in [6, 6.07) is 10.8. The van der Waals surface area contributed by atoms with Crippen LogP contribution in [0.15, 0.2) is 35.9 Å². The van der Waals surface area contributed by atoms with Crippen molar-refractivity contribution in [1.29, 1.82) is 5.26 Å². The zero-order valence-electron chi connectivity index (χ0n) is 11.8. The quantitative estimate of drug-likeness (QED) is 0.680. The van der Waals surface area contributed by atoms with Gasteiger partial charge in [-0.1, -0.05) is 17.7 Å². The van der Waals surface area contributed by atoms with Gasteiger partial charge in [0.25, 0.3) is 5.91 Å². The van der Waals surface area contributed by atoms with Gasteiger partial charge in [-0.3, -0.25) is 4.79 Å². The van der Waals surface area contributed by atoms with E-state index >= 15 is 0 Å². The lowest BCUT2D eigenvalue weighted by Crippen LogP contribution is -2.23. The molecule has 0 saturated heterocycles. The van der Waals surface area contributed by atoms with Crippen molar-refractivity contribution in [3.63, 3.8) is 0 Å². The van der Waals surface area contributed by atoms with Gasteiger partial charge >= 0.3 is 0 Å². The summed E-state index contributed by atoms with van der Waals surface area (Å²) < 4.78 is 11.1. The molecule has 0 atom stereocenters. The third kappa shape index (κ3) is 3.65. The van der Waals surface area contributed by atoms with E-state index < -0.39 is 5.91 Å². The van der Waals surface area contributed by atoms with Gasteiger partial charge < -0.3 is 14.8 Å². The number of benzene rings is 1. The molecule has 1 aliphatic rings. The van der Waals surface area contributed by atoms with E-state index in [9.17, 15) is 4.79 Å². The fourth-order valence-electron chi connectivity index (χ4n) is 2.03. The molecule has 23 heavy (non-hydrogen) atoms. The standard InChI is InChI=1S/C16H11ClN2O3S/c17-15-4-2-12(23-15)6-11(7-18)16(20)19-8-10-1-3-13-14(5-10)22-9-21-13/h1-6H,8-9H2,(H,19,20)/b11-6+. The van der Waals surface area contributed by atoms with Crippen LogP contribution in [0.5, 0.6) is 11.5 Å². The Balaban J connectivity index is 1.66. The molecule has 0 saturated carbocycles. The number of carbonyl (C=O) groups is 1. The third-order valence-corrected chi connectivity index (χ3v) is 4.31. The van der Waals surface area contributed by atoms with Crippen LogP contribution in [0.1, 0.15) is 10.4 Å². The first-order valence-electron chi connectivity index (χ1n) is 6.69. The highest BCUT2D eigenvalue weighted by molar-refractivity contribution is 7.17. The van der Waals surface area contributed by atoms with Crippen molar-refractivity contribution in [1.82, 2.24) is 5.32 Å². The Kier molecular flexibility index (Phi) is 4.51. The molecule has 0 aliphatic carbocycles. The average Bonchev–Trinajstić information content (AvgIpc) is 3.18. The van der Waals surface area contributed by atoms with E-state index in [1.165, 1.54) is 17.4 Å². The fraction of sp³-hybridized carbons (Fsp3) is 0.125. The van der Waals surface area contributed by atoms with E-state index in [1.807, 2.05) is 12.1 Å². The Morgan fingerprint density at radius 1 is 1.35 bits per heavy atom. The van der Waals surface area contributed by atoms with Crippen molar-refractivity contribution in [2.24, 2.45) is 0 Å². The molecule has 7 heteroatoms. The number of nitrogens with zero attached hydrogens (tertiary/aromatic N) is 1. The maximum Gasteiger partial charge on any atom is 0.262 e. The van der Waals surface area contributed by atoms with Gasteiger partial charge in [-0.05, 0) is 35.9 Å². The van der Waals surface area contributed by atoms with Crippen molar-refractivity contribution in [2.45, 2.75) is 6.54 Å². The second-order valence-corrected chi connectivity index (χ2v) is 6.43. The lowest BCUT2D eigenvalue weighted by molar-refractivity contribution is -0.117. The third-order valence-electron chi connectivity index (χ3n) is 3.14. The summed E-state index contributed by atoms with van der Waals surface area (Å²) in [4.78, 5) is 12.9. The molecule has 3 rings (SSSR count). The highest BCUT2D eigenvalue weighted by Gasteiger charge is 2.14. The minimum Gasteiger partial charge on any atom is -0.454 e. The highest BCUT2D eigenvalue weighted by Crippen LogP contribution is 2.32. The summed E-state index contributed by atoms with van der Waals surface area (Å²) in [5.41, 5.74) is 0.892. The second-order valence-electron chi connectivity index (χ2n) is 4.68. The molecule has 0 radical (unpaired) electrons. The van der Waals surface area contributed by atoms with Crippen LogP contribution in [0.3, 0.4) is 0 Å². The summed E-state index contributed by atoms with van der Waals surface area (Å²) in [7, 11) is 0. The Labute approximate surface area is 141 Å². The van der Waals surface area contributed by atoms with Crippen molar-refractivity contribution in [3.05, 3.63) is 50.7 Å². The number of hydrogen-bond donors (Lipinski definition) is 1. The van der Waals surface area contributed by atoms with Crippen LogP contribution in [0.2, 0.25) is 4.34 Å². The Bertz CT molecular complexity index is 823. The van der Waals surface area contributed by atoms with E-state index in [-0.39, 0.29) is 12.4 Å². The Morgan fingerprint density at radius 2 is 2.17 bits per heavy atom. The number of carbonyl (C=O) groups excluding carboxylic acids is 1. The van der Waals surface area contributed by atoms with Gasteiger partial charge in [0.2, 0.25) is 6.79 Å². The summed E-state index contributed by atoms with van der Waals surface area (Å²) >= 11 is 7.14. The number of hydrogen-bond acceptors (Lipinski definition) is 5. The monoisotopic (exact) mass is 346 g/mol. The Morgan fingerprint density at radius 3 is 2.91 bits per heavy atom. The number of ether oxygens (including phenoxy) is 2. The summed E-state index contributed by atoms with van der Waals surface area (Å²) in [5, 5.41) is 11.9. The van der Waals surface area contributed by atoms with Crippen LogP contribution in [0, 0.1) is 11.3 Å². The maximum atomic E-state index is 12.1. The van der Waals surface area contributed by atoms with Crippen molar-refractivity contribution >= 4 is 34.9 Å². The molecule has 2 aromatic rings. The van der Waals surface area contributed by atoms with Crippen LogP contribution >= 0.6 is 22.9 Å². The minimum absolute atomic E-state index is 0.0317. The molecule has 1 aromatic heterocycles. The van der Waals surface area contributed by atoms with Crippen LogP contribution in [0.4, 0.5) is 0 Å². The van der Waals surface area contributed by atoms with Crippen molar-refractivity contribution in [3.8, 4) is 17.6 Å². The number of thiophene rings is 1. The van der Waals surface area contributed by atoms with Gasteiger partial charge in [0.15, 0.2) is 11.5 Å². The zero-order chi connectivity index (χ0) is 16.2. The number of fused-ring (bicyclic) bond motifs is 1. The van der Waals surface area contributed by atoms with E-state index in [1.54, 1.807) is 24.3 Å². The maximum absolute atomic E-state index is 12.1. The molecule has 0 unspecified atom stereocenters. The topological polar surface area (TPSA) is 71.4 Å². The molecule has 1 aliphatic heterocycles. The van der Waals surface area contributed by atoms with Crippen LogP contribution in [-0.4, -0.2) is 12.7 Å². The normalized spacial score (nSPS) is 12.8. The zero-order valence-corrected chi connectivity index (χ0v) is 13.4. The Hall–Kier alpha value is -2.49. The lowest BCUT2D eigenvalue weighted by Gasteiger charge is -2.05. The second kappa shape index (κ2) is 6.73. The largest absolute Gasteiger partial charge is 0.454 e. The first-order chi connectivity index (χ1) is 11.2. The minimum atomic E-state index is -0.435. The van der Waals surface area contributed by atoms with E-state index in [4.69, 9.17) is 26.3 Å². The molecule has 0 spiro atoms. The lowest BCUT2D eigenvalue weighted by atomic mass is 10.2. The molecule has 1 amide bonds. The number of rotatable bonds is 4. The average molecular weight is 347 g/mol. The van der Waals surface area contributed by atoms with Crippen LogP contribution in [0.25, 0.3) is 6.08 Å². The number of nitrogens with one attached hydrogen (secondary N) is 1. The molecule has 0 fully saturated rings. The first-order valence-corrected chi connectivity index (χ1v) is 7.89. The molecular weight excluding hydrogens is 336 g/mol. The molecular formula is C16H11ClN2O3S. The molecule has 1 aromatic carbocycles. The van der Waals surface area contributed by atoms with Gasteiger partial charge in [-0.15, -0.1) is 11.3 Å². The summed E-state index contributed by atoms with van der Waals surface area (Å²) in [5.74, 6) is 0.906. The van der Waals surface area contributed by atoms with Gasteiger partial charge in [0.1, 0.15) is 11.6 Å². The predicted molar refractivity (Wildman–Crippen MR) is 87.3 cm³/mol. The van der Waals surface area contributed by atoms with Crippen molar-refractivity contribution in [2.75, 3.05) is 6.79 Å². The molecule has 1 N–H and O–H groups in total. The molecule has 0 bridgehead atoms. The van der Waals surface area contributed by atoms with Gasteiger partial charge in [0.05, 0.1) is 4.34 Å². The van der Waals surface area contributed by atoms with Gasteiger partial charge in [0, 0.05) is 11.4 Å². The van der Waals surface area contributed by atoms with Crippen LogP contribution in [-0.2, 0) is 11.3 Å². The molecule has 5 nitrogen and oxygen atoms in total. The predicted octanol–water partition coefficient (Wildman–Crippen LogP) is 3.35.